The molecule has 3 rings (SSSR count). The van der Waals surface area contributed by atoms with Crippen molar-refractivity contribution >= 4 is 33.1 Å². The Labute approximate surface area is 99.1 Å². The third-order valence-corrected chi connectivity index (χ3v) is 2.99. The maximum Gasteiger partial charge on any atom is 0.0939 e. The van der Waals surface area contributed by atoms with Crippen LogP contribution in [0.1, 0.15) is 5.56 Å². The summed E-state index contributed by atoms with van der Waals surface area (Å²) in [7, 11) is 0. The molecule has 1 aromatic heterocycles. The molecule has 3 nitrogen and oxygen atoms in total. The van der Waals surface area contributed by atoms with Crippen molar-refractivity contribution in [2.75, 3.05) is 11.5 Å². The molecule has 3 heteroatoms. The molecule has 0 saturated heterocycles. The zero-order valence-electron chi connectivity index (χ0n) is 9.57. The third kappa shape index (κ3) is 1.47. The van der Waals surface area contributed by atoms with E-state index in [1.807, 2.05) is 12.1 Å². The number of aryl methyl sites for hydroxylation is 1. The molecule has 2 aromatic carbocycles. The highest BCUT2D eigenvalue weighted by Gasteiger charge is 2.06. The minimum absolute atomic E-state index is 0.657. The van der Waals surface area contributed by atoms with Crippen LogP contribution in [0.3, 0.4) is 0 Å². The zero-order valence-corrected chi connectivity index (χ0v) is 9.57. The molecule has 0 amide bonds. The quantitative estimate of drug-likeness (QED) is 0.455. The Morgan fingerprint density at radius 3 is 2.65 bits per heavy atom. The van der Waals surface area contributed by atoms with Crippen LogP contribution in [-0.2, 0) is 0 Å². The summed E-state index contributed by atoms with van der Waals surface area (Å²) in [6.07, 6.45) is 1.64. The summed E-state index contributed by atoms with van der Waals surface area (Å²) in [5.41, 5.74) is 15.2. The van der Waals surface area contributed by atoms with Gasteiger partial charge in [-0.15, -0.1) is 0 Å². The Morgan fingerprint density at radius 2 is 1.82 bits per heavy atom. The maximum atomic E-state index is 6.02. The van der Waals surface area contributed by atoms with Crippen molar-refractivity contribution < 1.29 is 0 Å². The van der Waals surface area contributed by atoms with Gasteiger partial charge in [0.1, 0.15) is 0 Å². The van der Waals surface area contributed by atoms with Crippen molar-refractivity contribution in [3.63, 3.8) is 0 Å². The highest BCUT2D eigenvalue weighted by Crippen LogP contribution is 2.30. The molecule has 0 aliphatic rings. The molecule has 17 heavy (non-hydrogen) atoms. The number of hydrogen-bond acceptors (Lipinski definition) is 3. The largest absolute Gasteiger partial charge is 0.397 e. The third-order valence-electron chi connectivity index (χ3n) is 2.99. The molecule has 0 spiro atoms. The lowest BCUT2D eigenvalue weighted by Gasteiger charge is -2.07. The number of benzene rings is 2. The van der Waals surface area contributed by atoms with Gasteiger partial charge in [0.25, 0.3) is 0 Å². The van der Waals surface area contributed by atoms with Gasteiger partial charge in [-0.05, 0) is 29.8 Å². The van der Waals surface area contributed by atoms with Gasteiger partial charge in [0.2, 0.25) is 0 Å². The van der Waals surface area contributed by atoms with E-state index in [9.17, 15) is 0 Å². The predicted octanol–water partition coefficient (Wildman–Crippen LogP) is 2.86. The van der Waals surface area contributed by atoms with Gasteiger partial charge in [-0.3, -0.25) is 4.98 Å². The standard InChI is InChI=1S/C14H13N3/c1-8-2-3-11-9(4-8)5-13(16)14-12(11)6-10(15)7-17-14/h2-7H,15-16H2,1H3. The van der Waals surface area contributed by atoms with Crippen LogP contribution < -0.4 is 11.5 Å². The Morgan fingerprint density at radius 1 is 1.00 bits per heavy atom. The van der Waals surface area contributed by atoms with Crippen molar-refractivity contribution in [2.24, 2.45) is 0 Å². The smallest absolute Gasteiger partial charge is 0.0939 e. The lowest BCUT2D eigenvalue weighted by Crippen LogP contribution is -1.93. The summed E-state index contributed by atoms with van der Waals surface area (Å²) in [5, 5.41) is 3.28. The van der Waals surface area contributed by atoms with Crippen molar-refractivity contribution in [2.45, 2.75) is 6.92 Å². The fourth-order valence-electron chi connectivity index (χ4n) is 2.20. The van der Waals surface area contributed by atoms with Crippen LogP contribution in [0, 0.1) is 6.92 Å². The molecule has 0 aliphatic heterocycles. The van der Waals surface area contributed by atoms with E-state index >= 15 is 0 Å². The van der Waals surface area contributed by atoms with E-state index in [0.29, 0.717) is 11.4 Å². The predicted molar refractivity (Wildman–Crippen MR) is 72.8 cm³/mol. The molecular formula is C14H13N3. The van der Waals surface area contributed by atoms with Crippen LogP contribution in [0.5, 0.6) is 0 Å². The number of anilines is 2. The summed E-state index contributed by atoms with van der Waals surface area (Å²) in [6, 6.07) is 10.2. The van der Waals surface area contributed by atoms with E-state index in [0.717, 1.165) is 21.7 Å². The van der Waals surface area contributed by atoms with E-state index in [2.05, 4.69) is 30.1 Å². The van der Waals surface area contributed by atoms with Gasteiger partial charge in [-0.25, -0.2) is 0 Å². The molecule has 0 aliphatic carbocycles. The number of fused-ring (bicyclic) bond motifs is 3. The lowest BCUT2D eigenvalue weighted by atomic mass is 10.0. The molecule has 4 N–H and O–H groups in total. The number of nitrogens with two attached hydrogens (primary N) is 2. The van der Waals surface area contributed by atoms with E-state index in [4.69, 9.17) is 11.5 Å². The van der Waals surface area contributed by atoms with Gasteiger partial charge in [-0.2, -0.15) is 0 Å². The SMILES string of the molecule is Cc1ccc2c(c1)cc(N)c1ncc(N)cc12. The fraction of sp³-hybridized carbons (Fsp3) is 0.0714. The van der Waals surface area contributed by atoms with Crippen LogP contribution in [0.15, 0.2) is 36.5 Å². The van der Waals surface area contributed by atoms with E-state index in [-0.39, 0.29) is 0 Å². The molecule has 0 radical (unpaired) electrons. The first-order valence-electron chi connectivity index (χ1n) is 5.49. The molecule has 1 heterocycles. The summed E-state index contributed by atoms with van der Waals surface area (Å²) < 4.78 is 0. The van der Waals surface area contributed by atoms with Crippen molar-refractivity contribution in [3.05, 3.63) is 42.1 Å². The molecule has 0 fully saturated rings. The first-order valence-corrected chi connectivity index (χ1v) is 5.49. The van der Waals surface area contributed by atoms with Crippen LogP contribution in [-0.4, -0.2) is 4.98 Å². The van der Waals surface area contributed by atoms with Crippen LogP contribution in [0.2, 0.25) is 0 Å². The minimum atomic E-state index is 0.657. The number of pyridine rings is 1. The Kier molecular flexibility index (Phi) is 1.95. The number of hydrogen-bond donors (Lipinski definition) is 2. The highest BCUT2D eigenvalue weighted by atomic mass is 14.7. The number of nitrogens with zero attached hydrogens (tertiary/aromatic N) is 1. The van der Waals surface area contributed by atoms with Crippen LogP contribution in [0.4, 0.5) is 11.4 Å². The summed E-state index contributed by atoms with van der Waals surface area (Å²) in [5.74, 6) is 0. The van der Waals surface area contributed by atoms with Gasteiger partial charge in [0.15, 0.2) is 0 Å². The van der Waals surface area contributed by atoms with Crippen LogP contribution >= 0.6 is 0 Å². The first kappa shape index (κ1) is 9.90. The first-order chi connectivity index (χ1) is 8.15. The number of nitrogen functional groups attached to an aromatic ring is 2. The molecular weight excluding hydrogens is 210 g/mol. The molecule has 0 atom stereocenters. The fourth-order valence-corrected chi connectivity index (χ4v) is 2.20. The van der Waals surface area contributed by atoms with E-state index in [1.54, 1.807) is 6.20 Å². The zero-order chi connectivity index (χ0) is 12.0. The summed E-state index contributed by atoms with van der Waals surface area (Å²) in [4.78, 5) is 4.30. The van der Waals surface area contributed by atoms with Gasteiger partial charge in [0.05, 0.1) is 23.1 Å². The van der Waals surface area contributed by atoms with Crippen molar-refractivity contribution in [1.82, 2.24) is 4.98 Å². The second-order valence-electron chi connectivity index (χ2n) is 4.36. The average Bonchev–Trinajstić information content (AvgIpc) is 2.28. The van der Waals surface area contributed by atoms with Gasteiger partial charge >= 0.3 is 0 Å². The van der Waals surface area contributed by atoms with E-state index in [1.165, 1.54) is 5.56 Å². The van der Waals surface area contributed by atoms with Gasteiger partial charge in [0, 0.05) is 5.39 Å². The summed E-state index contributed by atoms with van der Waals surface area (Å²) >= 11 is 0. The van der Waals surface area contributed by atoms with Crippen molar-refractivity contribution in [3.8, 4) is 0 Å². The Bertz CT molecular complexity index is 732. The monoisotopic (exact) mass is 223 g/mol. The topological polar surface area (TPSA) is 64.9 Å². The summed E-state index contributed by atoms with van der Waals surface area (Å²) in [6.45, 7) is 2.07. The normalized spacial score (nSPS) is 11.1. The number of rotatable bonds is 0. The van der Waals surface area contributed by atoms with Crippen LogP contribution in [0.25, 0.3) is 21.7 Å². The van der Waals surface area contributed by atoms with Crippen molar-refractivity contribution in [1.29, 1.82) is 0 Å². The average molecular weight is 223 g/mol. The van der Waals surface area contributed by atoms with Gasteiger partial charge < -0.3 is 11.5 Å². The van der Waals surface area contributed by atoms with E-state index < -0.39 is 0 Å². The number of aromatic nitrogens is 1. The lowest BCUT2D eigenvalue weighted by molar-refractivity contribution is 1.42. The maximum absolute atomic E-state index is 6.02. The Hall–Kier alpha value is -2.29. The molecule has 0 saturated carbocycles. The second kappa shape index (κ2) is 3.35. The minimum Gasteiger partial charge on any atom is -0.397 e. The molecule has 0 bridgehead atoms. The Balaban J connectivity index is 2.57. The molecule has 3 aromatic rings. The second-order valence-corrected chi connectivity index (χ2v) is 4.36. The molecule has 0 unspecified atom stereocenters. The molecule has 84 valence electrons. The van der Waals surface area contributed by atoms with Gasteiger partial charge in [-0.1, -0.05) is 23.8 Å². The highest BCUT2D eigenvalue weighted by molar-refractivity contribution is 6.11.